The van der Waals surface area contributed by atoms with Crippen molar-refractivity contribution >= 4 is 22.2 Å². The van der Waals surface area contributed by atoms with Gasteiger partial charge in [-0.3, -0.25) is 0 Å². The van der Waals surface area contributed by atoms with Gasteiger partial charge in [-0.2, -0.15) is 0 Å². The summed E-state index contributed by atoms with van der Waals surface area (Å²) >= 11 is 3.29. The van der Waals surface area contributed by atoms with Crippen LogP contribution in [-0.2, 0) is 4.79 Å². The molecule has 0 spiro atoms. The summed E-state index contributed by atoms with van der Waals surface area (Å²) in [5, 5.41) is 0.999. The Morgan fingerprint density at radius 3 is 2.67 bits per heavy atom. The minimum atomic E-state index is -0.246. The van der Waals surface area contributed by atoms with Crippen LogP contribution in [0.25, 0.3) is 0 Å². The summed E-state index contributed by atoms with van der Waals surface area (Å²) in [5.41, 5.74) is 5.33. The molecule has 0 aliphatic heterocycles. The fraction of sp³-hybridized carbons (Fsp3) is 0.833. The number of hydrogen-bond acceptors (Lipinski definition) is 2. The monoisotopic (exact) mass is 193 g/mol. The SMILES string of the molecule is NC(C=O)CCCCBr. The minimum Gasteiger partial charge on any atom is -0.322 e. The molecule has 0 bridgehead atoms. The number of halogens is 1. The minimum absolute atomic E-state index is 0.246. The normalized spacial score (nSPS) is 13.1. The molecular formula is C6H12BrNO. The van der Waals surface area contributed by atoms with Crippen molar-refractivity contribution in [3.63, 3.8) is 0 Å². The molecule has 0 rings (SSSR count). The van der Waals surface area contributed by atoms with Crippen molar-refractivity contribution in [2.45, 2.75) is 25.3 Å². The van der Waals surface area contributed by atoms with Gasteiger partial charge >= 0.3 is 0 Å². The second-order valence-electron chi connectivity index (χ2n) is 1.98. The molecule has 54 valence electrons. The van der Waals surface area contributed by atoms with E-state index in [1.165, 1.54) is 0 Å². The molecule has 0 aromatic heterocycles. The Kier molecular flexibility index (Phi) is 6.31. The first-order chi connectivity index (χ1) is 4.31. The molecule has 9 heavy (non-hydrogen) atoms. The first-order valence-corrected chi connectivity index (χ1v) is 4.20. The van der Waals surface area contributed by atoms with Gasteiger partial charge in [0.15, 0.2) is 0 Å². The first-order valence-electron chi connectivity index (χ1n) is 3.08. The van der Waals surface area contributed by atoms with Crippen LogP contribution in [0.15, 0.2) is 0 Å². The van der Waals surface area contributed by atoms with E-state index in [0.717, 1.165) is 30.9 Å². The van der Waals surface area contributed by atoms with Crippen LogP contribution in [0.1, 0.15) is 19.3 Å². The standard InChI is InChI=1S/C6H12BrNO/c7-4-2-1-3-6(8)5-9/h5-6H,1-4,8H2. The van der Waals surface area contributed by atoms with Crippen molar-refractivity contribution in [3.8, 4) is 0 Å². The lowest BCUT2D eigenvalue weighted by Crippen LogP contribution is -2.20. The van der Waals surface area contributed by atoms with Gasteiger partial charge in [0.1, 0.15) is 6.29 Å². The molecule has 2 N–H and O–H groups in total. The van der Waals surface area contributed by atoms with Crippen molar-refractivity contribution < 1.29 is 4.79 Å². The summed E-state index contributed by atoms with van der Waals surface area (Å²) in [6.45, 7) is 0. The number of rotatable bonds is 5. The molecular weight excluding hydrogens is 182 g/mol. The molecule has 3 heteroatoms. The van der Waals surface area contributed by atoms with Crippen LogP contribution in [0.4, 0.5) is 0 Å². The van der Waals surface area contributed by atoms with Crippen molar-refractivity contribution in [3.05, 3.63) is 0 Å². The van der Waals surface area contributed by atoms with Crippen LogP contribution in [0.3, 0.4) is 0 Å². The molecule has 2 nitrogen and oxygen atoms in total. The van der Waals surface area contributed by atoms with Gasteiger partial charge in [-0.15, -0.1) is 0 Å². The van der Waals surface area contributed by atoms with Crippen molar-refractivity contribution in [1.29, 1.82) is 0 Å². The molecule has 0 radical (unpaired) electrons. The van der Waals surface area contributed by atoms with Crippen molar-refractivity contribution in [1.82, 2.24) is 0 Å². The number of unbranched alkanes of at least 4 members (excludes halogenated alkanes) is 1. The Labute approximate surface area is 63.9 Å². The molecule has 0 heterocycles. The summed E-state index contributed by atoms with van der Waals surface area (Å²) < 4.78 is 0. The lowest BCUT2D eigenvalue weighted by Gasteiger charge is -1.99. The number of nitrogens with two attached hydrogens (primary N) is 1. The van der Waals surface area contributed by atoms with Crippen molar-refractivity contribution in [2.75, 3.05) is 5.33 Å². The second kappa shape index (κ2) is 6.23. The van der Waals surface area contributed by atoms with Gasteiger partial charge in [0.25, 0.3) is 0 Å². The number of carbonyl (C=O) groups excluding carboxylic acids is 1. The Morgan fingerprint density at radius 2 is 2.22 bits per heavy atom. The van der Waals surface area contributed by atoms with E-state index in [0.29, 0.717) is 0 Å². The number of hydrogen-bond donors (Lipinski definition) is 1. The van der Waals surface area contributed by atoms with E-state index in [2.05, 4.69) is 15.9 Å². The highest BCUT2D eigenvalue weighted by atomic mass is 79.9. The van der Waals surface area contributed by atoms with E-state index in [4.69, 9.17) is 5.73 Å². The van der Waals surface area contributed by atoms with Gasteiger partial charge in [0, 0.05) is 5.33 Å². The van der Waals surface area contributed by atoms with E-state index in [1.54, 1.807) is 0 Å². The van der Waals surface area contributed by atoms with Gasteiger partial charge in [-0.1, -0.05) is 22.4 Å². The van der Waals surface area contributed by atoms with Gasteiger partial charge < -0.3 is 10.5 Å². The van der Waals surface area contributed by atoms with Crippen LogP contribution < -0.4 is 5.73 Å². The smallest absolute Gasteiger partial charge is 0.136 e. The van der Waals surface area contributed by atoms with E-state index in [1.807, 2.05) is 0 Å². The summed E-state index contributed by atoms with van der Waals surface area (Å²) in [4.78, 5) is 9.96. The van der Waals surface area contributed by atoms with E-state index < -0.39 is 0 Å². The van der Waals surface area contributed by atoms with Crippen LogP contribution in [0.5, 0.6) is 0 Å². The summed E-state index contributed by atoms with van der Waals surface area (Å²) in [5.74, 6) is 0. The van der Waals surface area contributed by atoms with Crippen LogP contribution in [-0.4, -0.2) is 17.7 Å². The lowest BCUT2D eigenvalue weighted by atomic mass is 10.1. The highest BCUT2D eigenvalue weighted by Gasteiger charge is 1.96. The summed E-state index contributed by atoms with van der Waals surface area (Å²) in [6.07, 6.45) is 3.75. The zero-order valence-electron chi connectivity index (χ0n) is 5.35. The quantitative estimate of drug-likeness (QED) is 0.404. The molecule has 0 aromatic carbocycles. The van der Waals surface area contributed by atoms with E-state index >= 15 is 0 Å². The summed E-state index contributed by atoms with van der Waals surface area (Å²) in [6, 6.07) is -0.246. The van der Waals surface area contributed by atoms with Crippen LogP contribution >= 0.6 is 15.9 Å². The average molecular weight is 194 g/mol. The molecule has 0 saturated heterocycles. The first kappa shape index (κ1) is 9.11. The highest BCUT2D eigenvalue weighted by molar-refractivity contribution is 9.09. The fourth-order valence-electron chi connectivity index (χ4n) is 0.543. The van der Waals surface area contributed by atoms with Gasteiger partial charge in [-0.25, -0.2) is 0 Å². The predicted octanol–water partition coefficient (Wildman–Crippen LogP) is 1.08. The Morgan fingerprint density at radius 1 is 1.56 bits per heavy atom. The van der Waals surface area contributed by atoms with Gasteiger partial charge in [0.05, 0.1) is 6.04 Å². The molecule has 0 fully saturated rings. The maximum Gasteiger partial charge on any atom is 0.136 e. The van der Waals surface area contributed by atoms with Crippen molar-refractivity contribution in [2.24, 2.45) is 5.73 Å². The zero-order chi connectivity index (χ0) is 7.11. The molecule has 1 atom stereocenters. The maximum absolute atomic E-state index is 9.96. The van der Waals surface area contributed by atoms with E-state index in [9.17, 15) is 4.79 Å². The third kappa shape index (κ3) is 5.99. The number of carbonyl (C=O) groups is 1. The zero-order valence-corrected chi connectivity index (χ0v) is 6.93. The third-order valence-corrected chi connectivity index (χ3v) is 1.66. The highest BCUT2D eigenvalue weighted by Crippen LogP contribution is 1.99. The molecule has 1 unspecified atom stereocenters. The Balaban J connectivity index is 2.96. The second-order valence-corrected chi connectivity index (χ2v) is 2.78. The van der Waals surface area contributed by atoms with E-state index in [-0.39, 0.29) is 6.04 Å². The maximum atomic E-state index is 9.96. The lowest BCUT2D eigenvalue weighted by molar-refractivity contribution is -0.109. The Hall–Kier alpha value is 0.110. The van der Waals surface area contributed by atoms with Gasteiger partial charge in [0.2, 0.25) is 0 Å². The molecule has 0 saturated carbocycles. The van der Waals surface area contributed by atoms with Crippen LogP contribution in [0, 0.1) is 0 Å². The third-order valence-electron chi connectivity index (χ3n) is 1.10. The topological polar surface area (TPSA) is 43.1 Å². The largest absolute Gasteiger partial charge is 0.322 e. The molecule has 0 aliphatic rings. The summed E-state index contributed by atoms with van der Waals surface area (Å²) in [7, 11) is 0. The van der Waals surface area contributed by atoms with Gasteiger partial charge in [-0.05, 0) is 12.8 Å². The molecule has 0 aromatic rings. The van der Waals surface area contributed by atoms with Crippen LogP contribution in [0.2, 0.25) is 0 Å². The predicted molar refractivity (Wildman–Crippen MR) is 41.7 cm³/mol. The number of alkyl halides is 1. The average Bonchev–Trinajstić information content (AvgIpc) is 1.89. The number of aldehydes is 1. The molecule has 0 aliphatic carbocycles. The molecule has 0 amide bonds. The fourth-order valence-corrected chi connectivity index (χ4v) is 0.939. The Bertz CT molecular complexity index is 77.5.